The Hall–Kier alpha value is -1.42. The van der Waals surface area contributed by atoms with Gasteiger partial charge in [0.05, 0.1) is 19.8 Å². The second kappa shape index (κ2) is 31.0. The van der Waals surface area contributed by atoms with Crippen molar-refractivity contribution in [2.75, 3.05) is 26.4 Å². The van der Waals surface area contributed by atoms with Crippen molar-refractivity contribution in [2.45, 2.75) is 185 Å². The van der Waals surface area contributed by atoms with E-state index in [9.17, 15) is 28.5 Å². The molecule has 0 bridgehead atoms. The Balaban J connectivity index is 2.52. The van der Waals surface area contributed by atoms with Crippen molar-refractivity contribution in [3.63, 3.8) is 0 Å². The monoisotopic (exact) mass is 750 g/mol. The molecule has 4 N–H and O–H groups in total. The number of hydrogen-bond donors (Lipinski definition) is 4. The molecule has 1 fully saturated rings. The molecule has 0 aromatic heterocycles. The van der Waals surface area contributed by atoms with Crippen molar-refractivity contribution in [2.24, 2.45) is 0 Å². The zero-order valence-electron chi connectivity index (χ0n) is 31.4. The highest BCUT2D eigenvalue weighted by Crippen LogP contribution is 2.26. The van der Waals surface area contributed by atoms with Gasteiger partial charge in [0.1, 0.15) is 30.5 Å². The molecule has 1 saturated heterocycles. The van der Waals surface area contributed by atoms with Crippen LogP contribution in [0.4, 0.5) is 0 Å². The fourth-order valence-corrected chi connectivity index (χ4v) is 6.29. The first kappa shape index (κ1) is 47.6. The standard InChI is InChI=1S/C38H70O12S/c1-3-5-7-9-11-13-15-16-17-19-21-23-25-27-34(40)48-32(30-46-28-26-24-22-20-18-14-12-10-8-6-4-2)31-47-38-36(42)37(50-51(43,44)45)35(41)33(29-39)49-38/h8,10,13,15,32-33,35-39,41-42H,3-7,9,11-12,14,16-31H2,1-2H3,(H,43,44,45)/b10-8-,15-13-. The molecule has 1 aliphatic heterocycles. The number of hydrogen-bond acceptors (Lipinski definition) is 11. The Bertz CT molecular complexity index is 1000. The number of unbranched alkanes of at least 4 members (excludes halogenated alkanes) is 16. The smallest absolute Gasteiger partial charge is 0.397 e. The Morgan fingerprint density at radius 2 is 1.27 bits per heavy atom. The summed E-state index contributed by atoms with van der Waals surface area (Å²) in [5.74, 6) is -0.413. The maximum atomic E-state index is 12.7. The molecule has 1 rings (SSSR count). The quantitative estimate of drug-likeness (QED) is 0.0236. The number of aliphatic hydroxyl groups is 3. The van der Waals surface area contributed by atoms with Gasteiger partial charge in [0.15, 0.2) is 6.29 Å². The predicted molar refractivity (Wildman–Crippen MR) is 197 cm³/mol. The van der Waals surface area contributed by atoms with Gasteiger partial charge in [-0.25, -0.2) is 4.18 Å². The minimum atomic E-state index is -5.06. The topological polar surface area (TPSA) is 178 Å². The highest BCUT2D eigenvalue weighted by molar-refractivity contribution is 7.80. The van der Waals surface area contributed by atoms with E-state index in [0.717, 1.165) is 70.6 Å². The molecule has 6 atom stereocenters. The minimum absolute atomic E-state index is 0.0295. The Labute approximate surface area is 308 Å². The number of carbonyl (C=O) groups excluding carboxylic acids is 1. The molecule has 0 radical (unpaired) electrons. The molecule has 0 aromatic carbocycles. The molecule has 12 nitrogen and oxygen atoms in total. The Morgan fingerprint density at radius 1 is 0.725 bits per heavy atom. The van der Waals surface area contributed by atoms with E-state index in [4.69, 9.17) is 23.5 Å². The van der Waals surface area contributed by atoms with Crippen LogP contribution < -0.4 is 0 Å². The maximum Gasteiger partial charge on any atom is 0.397 e. The fourth-order valence-electron chi connectivity index (χ4n) is 5.79. The molecule has 1 aliphatic rings. The van der Waals surface area contributed by atoms with Crippen molar-refractivity contribution in [1.29, 1.82) is 0 Å². The lowest BCUT2D eigenvalue weighted by Crippen LogP contribution is -2.60. The van der Waals surface area contributed by atoms with Gasteiger partial charge in [0.2, 0.25) is 0 Å². The van der Waals surface area contributed by atoms with Crippen LogP contribution in [0.2, 0.25) is 0 Å². The van der Waals surface area contributed by atoms with E-state index in [1.165, 1.54) is 51.4 Å². The lowest BCUT2D eigenvalue weighted by Gasteiger charge is -2.41. The first-order valence-corrected chi connectivity index (χ1v) is 21.0. The molecule has 300 valence electrons. The van der Waals surface area contributed by atoms with E-state index in [1.54, 1.807) is 0 Å². The Morgan fingerprint density at radius 3 is 1.84 bits per heavy atom. The molecular weight excluding hydrogens is 680 g/mol. The van der Waals surface area contributed by atoms with Crippen LogP contribution in [0.3, 0.4) is 0 Å². The lowest BCUT2D eigenvalue weighted by atomic mass is 9.99. The number of esters is 1. The maximum absolute atomic E-state index is 12.7. The van der Waals surface area contributed by atoms with Gasteiger partial charge in [-0.05, 0) is 57.8 Å². The number of allylic oxidation sites excluding steroid dienone is 4. The van der Waals surface area contributed by atoms with Gasteiger partial charge in [-0.15, -0.1) is 0 Å². The largest absolute Gasteiger partial charge is 0.457 e. The molecule has 0 saturated carbocycles. The molecule has 6 unspecified atom stereocenters. The van der Waals surface area contributed by atoms with E-state index in [2.05, 4.69) is 42.3 Å². The van der Waals surface area contributed by atoms with Gasteiger partial charge in [0.25, 0.3) is 0 Å². The SMILES string of the molecule is CCC/C=C\CCCCCCCCOCC(COC1OC(CO)C(O)C(OS(=O)(=O)O)C1O)OC(=O)CCCCCCC/C=C\CCCCCC. The molecule has 0 aliphatic carbocycles. The number of rotatable bonds is 33. The summed E-state index contributed by atoms with van der Waals surface area (Å²) in [5, 5.41) is 30.5. The second-order valence-corrected chi connectivity index (χ2v) is 14.6. The molecule has 1 heterocycles. The van der Waals surface area contributed by atoms with Crippen LogP contribution >= 0.6 is 0 Å². The second-order valence-electron chi connectivity index (χ2n) is 13.5. The summed E-state index contributed by atoms with van der Waals surface area (Å²) in [6, 6.07) is 0. The van der Waals surface area contributed by atoms with Crippen LogP contribution in [0.1, 0.15) is 149 Å². The van der Waals surface area contributed by atoms with Crippen molar-refractivity contribution < 1.29 is 56.2 Å². The third kappa shape index (κ3) is 25.3. The highest BCUT2D eigenvalue weighted by Gasteiger charge is 2.48. The number of carbonyl (C=O) groups is 1. The fraction of sp³-hybridized carbons (Fsp3) is 0.868. The molecule has 0 spiro atoms. The van der Waals surface area contributed by atoms with Gasteiger partial charge in [-0.3, -0.25) is 9.35 Å². The van der Waals surface area contributed by atoms with Crippen molar-refractivity contribution in [3.05, 3.63) is 24.3 Å². The summed E-state index contributed by atoms with van der Waals surface area (Å²) in [6.07, 6.45) is 22.2. The third-order valence-electron chi connectivity index (χ3n) is 8.78. The summed E-state index contributed by atoms with van der Waals surface area (Å²) in [5.41, 5.74) is 0. The molecular formula is C38H70O12S. The van der Waals surface area contributed by atoms with Gasteiger partial charge < -0.3 is 34.3 Å². The van der Waals surface area contributed by atoms with Crippen molar-refractivity contribution >= 4 is 16.4 Å². The van der Waals surface area contributed by atoms with E-state index >= 15 is 0 Å². The molecule has 0 aromatic rings. The minimum Gasteiger partial charge on any atom is -0.457 e. The first-order chi connectivity index (χ1) is 24.6. The van der Waals surface area contributed by atoms with Crippen LogP contribution in [0, 0.1) is 0 Å². The third-order valence-corrected chi connectivity index (χ3v) is 9.24. The van der Waals surface area contributed by atoms with Crippen molar-refractivity contribution in [1.82, 2.24) is 0 Å². The van der Waals surface area contributed by atoms with Crippen LogP contribution in [0.25, 0.3) is 0 Å². The van der Waals surface area contributed by atoms with Gasteiger partial charge in [-0.1, -0.05) is 109 Å². The summed E-state index contributed by atoms with van der Waals surface area (Å²) in [4.78, 5) is 12.7. The number of ether oxygens (including phenoxy) is 4. The van der Waals surface area contributed by atoms with Crippen LogP contribution in [-0.2, 0) is 38.3 Å². The predicted octanol–water partition coefficient (Wildman–Crippen LogP) is 6.90. The van der Waals surface area contributed by atoms with Crippen LogP contribution in [0.15, 0.2) is 24.3 Å². The van der Waals surface area contributed by atoms with Gasteiger partial charge in [0, 0.05) is 13.0 Å². The summed E-state index contributed by atoms with van der Waals surface area (Å²) >= 11 is 0. The first-order valence-electron chi connectivity index (χ1n) is 19.6. The lowest BCUT2D eigenvalue weighted by molar-refractivity contribution is -0.301. The summed E-state index contributed by atoms with van der Waals surface area (Å²) < 4.78 is 58.7. The zero-order valence-corrected chi connectivity index (χ0v) is 32.2. The van der Waals surface area contributed by atoms with E-state index in [1.807, 2.05) is 0 Å². The van der Waals surface area contributed by atoms with Gasteiger partial charge in [-0.2, -0.15) is 8.42 Å². The average molecular weight is 751 g/mol. The zero-order chi connectivity index (χ0) is 37.6. The number of aliphatic hydroxyl groups excluding tert-OH is 3. The van der Waals surface area contributed by atoms with Crippen LogP contribution in [0.5, 0.6) is 0 Å². The summed E-state index contributed by atoms with van der Waals surface area (Å²) in [7, 11) is -5.06. The van der Waals surface area contributed by atoms with Crippen LogP contribution in [-0.4, -0.2) is 97.5 Å². The van der Waals surface area contributed by atoms with E-state index < -0.39 is 59.8 Å². The summed E-state index contributed by atoms with van der Waals surface area (Å²) in [6.45, 7) is 3.87. The normalized spacial score (nSPS) is 21.9. The highest BCUT2D eigenvalue weighted by atomic mass is 32.3. The molecule has 51 heavy (non-hydrogen) atoms. The Kier molecular flexibility index (Phi) is 28.9. The van der Waals surface area contributed by atoms with E-state index in [0.29, 0.717) is 13.0 Å². The van der Waals surface area contributed by atoms with Gasteiger partial charge >= 0.3 is 16.4 Å². The van der Waals surface area contributed by atoms with Crippen molar-refractivity contribution in [3.8, 4) is 0 Å². The molecule has 0 amide bonds. The molecule has 13 heteroatoms. The van der Waals surface area contributed by atoms with E-state index in [-0.39, 0.29) is 19.6 Å². The average Bonchev–Trinajstić information content (AvgIpc) is 3.09.